The minimum atomic E-state index is -3.61. The molecule has 1 aliphatic heterocycles. The standard InChI is InChI=1S/C17H28N6O4S.HI/c1-17(2,3)27-16(24)23-11-9-22(10-12-23)15(18)20-7-8-21-28(25,26)14-5-4-6-19-13-14;/h4-6,13,21H,7-12H2,1-3H3,(H2,18,20);1H. The van der Waals surface area contributed by atoms with Gasteiger partial charge < -0.3 is 20.3 Å². The molecule has 1 aliphatic rings. The van der Waals surface area contributed by atoms with Crippen LogP contribution >= 0.6 is 24.0 Å². The number of nitrogens with one attached hydrogen (secondary N) is 1. The molecule has 3 N–H and O–H groups in total. The number of piperazine rings is 1. The summed E-state index contributed by atoms with van der Waals surface area (Å²) in [7, 11) is -3.61. The van der Waals surface area contributed by atoms with E-state index in [4.69, 9.17) is 10.5 Å². The van der Waals surface area contributed by atoms with E-state index >= 15 is 0 Å². The average molecular weight is 540 g/mol. The minimum Gasteiger partial charge on any atom is -0.444 e. The van der Waals surface area contributed by atoms with Gasteiger partial charge >= 0.3 is 6.09 Å². The van der Waals surface area contributed by atoms with E-state index in [9.17, 15) is 13.2 Å². The summed E-state index contributed by atoms with van der Waals surface area (Å²) in [6.07, 6.45) is 2.45. The predicted molar refractivity (Wildman–Crippen MR) is 121 cm³/mol. The van der Waals surface area contributed by atoms with Crippen LogP contribution in [0.5, 0.6) is 0 Å². The Kier molecular flexibility index (Phi) is 9.55. The highest BCUT2D eigenvalue weighted by atomic mass is 127. The zero-order valence-electron chi connectivity index (χ0n) is 16.9. The summed E-state index contributed by atoms with van der Waals surface area (Å²) in [4.78, 5) is 23.7. The maximum absolute atomic E-state index is 12.1. The van der Waals surface area contributed by atoms with Gasteiger partial charge in [0, 0.05) is 45.1 Å². The van der Waals surface area contributed by atoms with Crippen molar-refractivity contribution in [3.8, 4) is 0 Å². The summed E-state index contributed by atoms with van der Waals surface area (Å²) >= 11 is 0. The number of hydrogen-bond donors (Lipinski definition) is 2. The third-order valence-electron chi connectivity index (χ3n) is 3.88. The van der Waals surface area contributed by atoms with Crippen molar-refractivity contribution in [3.05, 3.63) is 24.5 Å². The number of halogens is 1. The van der Waals surface area contributed by atoms with Gasteiger partial charge in [-0.2, -0.15) is 0 Å². The fraction of sp³-hybridized carbons (Fsp3) is 0.588. The van der Waals surface area contributed by atoms with Gasteiger partial charge in [-0.1, -0.05) is 0 Å². The number of nitrogens with two attached hydrogens (primary N) is 1. The highest BCUT2D eigenvalue weighted by Gasteiger charge is 2.26. The first-order chi connectivity index (χ1) is 13.1. The lowest BCUT2D eigenvalue weighted by Crippen LogP contribution is -2.53. The first-order valence-electron chi connectivity index (χ1n) is 9.01. The van der Waals surface area contributed by atoms with Crippen LogP contribution in [0.3, 0.4) is 0 Å². The molecule has 0 bridgehead atoms. The molecule has 0 aromatic carbocycles. The largest absolute Gasteiger partial charge is 0.444 e. The van der Waals surface area contributed by atoms with Crippen LogP contribution in [-0.4, -0.2) is 80.1 Å². The lowest BCUT2D eigenvalue weighted by atomic mass is 10.2. The molecule has 0 radical (unpaired) electrons. The van der Waals surface area contributed by atoms with E-state index in [1.165, 1.54) is 18.5 Å². The lowest BCUT2D eigenvalue weighted by Gasteiger charge is -2.36. The molecule has 0 saturated carbocycles. The van der Waals surface area contributed by atoms with E-state index in [1.807, 2.05) is 25.7 Å². The van der Waals surface area contributed by atoms with Gasteiger partial charge in [-0.25, -0.2) is 17.9 Å². The maximum Gasteiger partial charge on any atom is 0.410 e. The molecule has 0 aliphatic carbocycles. The normalized spacial score (nSPS) is 15.6. The maximum atomic E-state index is 12.1. The molecule has 12 heteroatoms. The highest BCUT2D eigenvalue weighted by molar-refractivity contribution is 14.0. The second-order valence-electron chi connectivity index (χ2n) is 7.28. The first kappa shape index (κ1) is 25.4. The van der Waals surface area contributed by atoms with Crippen LogP contribution in [0.1, 0.15) is 20.8 Å². The molecular weight excluding hydrogens is 511 g/mol. The third-order valence-corrected chi connectivity index (χ3v) is 5.32. The van der Waals surface area contributed by atoms with Gasteiger partial charge in [0.1, 0.15) is 10.5 Å². The number of guanidine groups is 1. The molecule has 1 aromatic rings. The fourth-order valence-electron chi connectivity index (χ4n) is 2.48. The molecule has 29 heavy (non-hydrogen) atoms. The summed E-state index contributed by atoms with van der Waals surface area (Å²) in [5.74, 6) is 0.324. The van der Waals surface area contributed by atoms with Crippen molar-refractivity contribution in [2.75, 3.05) is 39.3 Å². The van der Waals surface area contributed by atoms with Gasteiger partial charge in [-0.3, -0.25) is 9.98 Å². The molecule has 0 atom stereocenters. The molecule has 1 amide bonds. The zero-order chi connectivity index (χ0) is 20.8. The second-order valence-corrected chi connectivity index (χ2v) is 9.05. The van der Waals surface area contributed by atoms with Crippen LogP contribution in [0.15, 0.2) is 34.4 Å². The van der Waals surface area contributed by atoms with E-state index in [0.29, 0.717) is 32.1 Å². The van der Waals surface area contributed by atoms with Gasteiger partial charge in [-0.15, -0.1) is 24.0 Å². The van der Waals surface area contributed by atoms with Crippen molar-refractivity contribution >= 4 is 46.1 Å². The van der Waals surface area contributed by atoms with E-state index in [0.717, 1.165) is 0 Å². The third kappa shape index (κ3) is 8.30. The quantitative estimate of drug-likeness (QED) is 0.245. The Bertz CT molecular complexity index is 790. The minimum absolute atomic E-state index is 0. The van der Waals surface area contributed by atoms with Crippen LogP contribution in [-0.2, 0) is 14.8 Å². The molecule has 1 fully saturated rings. The number of carbonyl (C=O) groups excluding carboxylic acids is 1. The molecule has 0 spiro atoms. The van der Waals surface area contributed by atoms with Gasteiger partial charge in [0.25, 0.3) is 0 Å². The number of pyridine rings is 1. The van der Waals surface area contributed by atoms with Crippen molar-refractivity contribution in [2.45, 2.75) is 31.3 Å². The summed E-state index contributed by atoms with van der Waals surface area (Å²) < 4.78 is 32.0. The smallest absolute Gasteiger partial charge is 0.410 e. The Morgan fingerprint density at radius 2 is 1.90 bits per heavy atom. The Morgan fingerprint density at radius 1 is 1.28 bits per heavy atom. The summed E-state index contributed by atoms with van der Waals surface area (Å²) in [5, 5.41) is 0. The highest BCUT2D eigenvalue weighted by Crippen LogP contribution is 2.11. The number of hydrogen-bond acceptors (Lipinski definition) is 6. The van der Waals surface area contributed by atoms with E-state index in [-0.39, 0.29) is 48.1 Å². The van der Waals surface area contributed by atoms with Crippen molar-refractivity contribution in [1.29, 1.82) is 0 Å². The Hall–Kier alpha value is -1.67. The number of ether oxygens (including phenoxy) is 1. The van der Waals surface area contributed by atoms with Gasteiger partial charge in [0.2, 0.25) is 10.0 Å². The number of rotatable bonds is 5. The van der Waals surface area contributed by atoms with E-state index in [2.05, 4.69) is 14.7 Å². The first-order valence-corrected chi connectivity index (χ1v) is 10.5. The molecule has 164 valence electrons. The predicted octanol–water partition coefficient (Wildman–Crippen LogP) is 0.845. The number of nitrogens with zero attached hydrogens (tertiary/aromatic N) is 4. The Morgan fingerprint density at radius 3 is 2.45 bits per heavy atom. The van der Waals surface area contributed by atoms with E-state index in [1.54, 1.807) is 11.0 Å². The summed E-state index contributed by atoms with van der Waals surface area (Å²) in [5.41, 5.74) is 5.46. The number of sulfonamides is 1. The van der Waals surface area contributed by atoms with E-state index < -0.39 is 15.6 Å². The monoisotopic (exact) mass is 540 g/mol. The lowest BCUT2D eigenvalue weighted by molar-refractivity contribution is 0.0186. The number of amides is 1. The van der Waals surface area contributed by atoms with Crippen molar-refractivity contribution < 1.29 is 17.9 Å². The number of carbonyl (C=O) groups is 1. The van der Waals surface area contributed by atoms with Crippen molar-refractivity contribution in [2.24, 2.45) is 10.7 Å². The van der Waals surface area contributed by atoms with Crippen LogP contribution in [0.2, 0.25) is 0 Å². The Balaban J connectivity index is 0.00000420. The van der Waals surface area contributed by atoms with Gasteiger partial charge in [0.05, 0.1) is 6.54 Å². The molecule has 0 unspecified atom stereocenters. The SMILES string of the molecule is CC(C)(C)OC(=O)N1CCN(C(N)=NCCNS(=O)(=O)c2cccnc2)CC1.I. The zero-order valence-corrected chi connectivity index (χ0v) is 20.0. The molecular formula is C17H29IN6O4S. The van der Waals surface area contributed by atoms with Gasteiger partial charge in [-0.05, 0) is 32.9 Å². The van der Waals surface area contributed by atoms with Crippen LogP contribution in [0.25, 0.3) is 0 Å². The van der Waals surface area contributed by atoms with Crippen molar-refractivity contribution in [1.82, 2.24) is 19.5 Å². The fourth-order valence-corrected chi connectivity index (χ4v) is 3.47. The Labute approximate surface area is 189 Å². The molecule has 2 heterocycles. The molecule has 1 aromatic heterocycles. The number of aromatic nitrogens is 1. The second kappa shape index (κ2) is 10.9. The summed E-state index contributed by atoms with van der Waals surface area (Å²) in [6.45, 7) is 7.86. The molecule has 10 nitrogen and oxygen atoms in total. The number of aliphatic imine (C=N–C) groups is 1. The van der Waals surface area contributed by atoms with Gasteiger partial charge in [0.15, 0.2) is 5.96 Å². The topological polar surface area (TPSA) is 130 Å². The van der Waals surface area contributed by atoms with Crippen molar-refractivity contribution in [3.63, 3.8) is 0 Å². The molecule has 1 saturated heterocycles. The average Bonchev–Trinajstić information content (AvgIpc) is 2.64. The van der Waals surface area contributed by atoms with Crippen LogP contribution in [0.4, 0.5) is 4.79 Å². The van der Waals surface area contributed by atoms with Crippen LogP contribution < -0.4 is 10.5 Å². The molecule has 2 rings (SSSR count). The van der Waals surface area contributed by atoms with Crippen LogP contribution in [0, 0.1) is 0 Å². The summed E-state index contributed by atoms with van der Waals surface area (Å²) in [6, 6.07) is 3.03.